The maximum atomic E-state index is 13.8. The first-order valence-electron chi connectivity index (χ1n) is 6.00. The third-order valence-corrected chi connectivity index (χ3v) is 3.33. The van der Waals surface area contributed by atoms with Gasteiger partial charge in [-0.15, -0.1) is 0 Å². The first-order valence-corrected chi connectivity index (χ1v) is 6.00. The molecule has 94 valence electrons. The van der Waals surface area contributed by atoms with E-state index in [1.165, 1.54) is 6.07 Å². The Bertz CT molecular complexity index is 384. The molecule has 4 heteroatoms. The van der Waals surface area contributed by atoms with Crippen molar-refractivity contribution in [3.63, 3.8) is 0 Å². The standard InChI is InChI=1S/C13H18FNO2/c14-12-5-1-4-11(9-17)13(12)15-6-2-3-10(7-15)8-16/h1,4-5,10,16-17H,2-3,6-9H2. The van der Waals surface area contributed by atoms with Crippen molar-refractivity contribution in [1.82, 2.24) is 0 Å². The molecule has 0 bridgehead atoms. The van der Waals surface area contributed by atoms with Crippen molar-refractivity contribution in [2.24, 2.45) is 5.92 Å². The summed E-state index contributed by atoms with van der Waals surface area (Å²) in [5, 5.41) is 18.4. The first-order chi connectivity index (χ1) is 8.26. The molecule has 1 aliphatic rings. The minimum absolute atomic E-state index is 0.138. The fourth-order valence-electron chi connectivity index (χ4n) is 2.46. The number of hydrogen-bond donors (Lipinski definition) is 2. The van der Waals surface area contributed by atoms with Gasteiger partial charge in [0.05, 0.1) is 12.3 Å². The van der Waals surface area contributed by atoms with E-state index in [1.54, 1.807) is 12.1 Å². The number of hydrogen-bond acceptors (Lipinski definition) is 3. The van der Waals surface area contributed by atoms with Crippen LogP contribution in [0.15, 0.2) is 18.2 Å². The van der Waals surface area contributed by atoms with Crippen LogP contribution in [0.25, 0.3) is 0 Å². The third-order valence-electron chi connectivity index (χ3n) is 3.33. The Hall–Kier alpha value is -1.13. The number of anilines is 1. The van der Waals surface area contributed by atoms with E-state index in [0.29, 0.717) is 17.8 Å². The third kappa shape index (κ3) is 2.58. The molecule has 0 saturated carbocycles. The van der Waals surface area contributed by atoms with E-state index in [9.17, 15) is 14.6 Å². The molecule has 3 nitrogen and oxygen atoms in total. The number of para-hydroxylation sites is 1. The molecule has 0 amide bonds. The number of aliphatic hydroxyl groups excluding tert-OH is 2. The van der Waals surface area contributed by atoms with Crippen LogP contribution in [0, 0.1) is 11.7 Å². The largest absolute Gasteiger partial charge is 0.396 e. The van der Waals surface area contributed by atoms with Gasteiger partial charge in [-0.2, -0.15) is 0 Å². The minimum atomic E-state index is -0.296. The Balaban J connectivity index is 2.26. The van der Waals surface area contributed by atoms with Gasteiger partial charge in [0.15, 0.2) is 0 Å². The Morgan fingerprint density at radius 3 is 2.88 bits per heavy atom. The molecule has 0 aliphatic carbocycles. The zero-order valence-corrected chi connectivity index (χ0v) is 9.77. The lowest BCUT2D eigenvalue weighted by Gasteiger charge is -2.34. The number of piperidine rings is 1. The average molecular weight is 239 g/mol. The second kappa shape index (κ2) is 5.47. The summed E-state index contributed by atoms with van der Waals surface area (Å²) in [6.45, 7) is 1.42. The Morgan fingerprint density at radius 1 is 1.35 bits per heavy atom. The zero-order valence-electron chi connectivity index (χ0n) is 9.77. The molecule has 1 atom stereocenters. The second-order valence-electron chi connectivity index (χ2n) is 4.54. The first kappa shape index (κ1) is 12.3. The van der Waals surface area contributed by atoms with E-state index in [2.05, 4.69) is 0 Å². The highest BCUT2D eigenvalue weighted by molar-refractivity contribution is 5.55. The topological polar surface area (TPSA) is 43.7 Å². The van der Waals surface area contributed by atoms with Gasteiger partial charge in [-0.1, -0.05) is 12.1 Å². The lowest BCUT2D eigenvalue weighted by atomic mass is 9.97. The number of aliphatic hydroxyl groups is 2. The molecule has 0 radical (unpaired) electrons. The highest BCUT2D eigenvalue weighted by atomic mass is 19.1. The molecule has 2 rings (SSSR count). The van der Waals surface area contributed by atoms with E-state index >= 15 is 0 Å². The SMILES string of the molecule is OCc1cccc(F)c1N1CCCC(CO)C1. The predicted octanol–water partition coefficient (Wildman–Crippen LogP) is 1.53. The minimum Gasteiger partial charge on any atom is -0.396 e. The lowest BCUT2D eigenvalue weighted by Crippen LogP contribution is -2.37. The smallest absolute Gasteiger partial charge is 0.146 e. The van der Waals surface area contributed by atoms with Crippen LogP contribution in [0.3, 0.4) is 0 Å². The lowest BCUT2D eigenvalue weighted by molar-refractivity contribution is 0.208. The molecule has 1 aromatic carbocycles. The highest BCUT2D eigenvalue weighted by Gasteiger charge is 2.23. The summed E-state index contributed by atoms with van der Waals surface area (Å²) in [6, 6.07) is 4.76. The molecular formula is C13H18FNO2. The van der Waals surface area contributed by atoms with E-state index in [-0.39, 0.29) is 24.9 Å². The number of nitrogens with zero attached hydrogens (tertiary/aromatic N) is 1. The normalized spacial score (nSPS) is 20.6. The van der Waals surface area contributed by atoms with Gasteiger partial charge in [0.2, 0.25) is 0 Å². The van der Waals surface area contributed by atoms with Gasteiger partial charge in [-0.25, -0.2) is 4.39 Å². The monoisotopic (exact) mass is 239 g/mol. The summed E-state index contributed by atoms with van der Waals surface area (Å²) in [5.41, 5.74) is 1.11. The second-order valence-corrected chi connectivity index (χ2v) is 4.54. The predicted molar refractivity (Wildman–Crippen MR) is 64.3 cm³/mol. The van der Waals surface area contributed by atoms with Gasteiger partial charge >= 0.3 is 0 Å². The highest BCUT2D eigenvalue weighted by Crippen LogP contribution is 2.29. The van der Waals surface area contributed by atoms with Crippen LogP contribution in [-0.4, -0.2) is 29.9 Å². The summed E-state index contributed by atoms with van der Waals surface area (Å²) < 4.78 is 13.8. The van der Waals surface area contributed by atoms with Gasteiger partial charge in [0.25, 0.3) is 0 Å². The van der Waals surface area contributed by atoms with Crippen LogP contribution >= 0.6 is 0 Å². The van der Waals surface area contributed by atoms with Crippen molar-refractivity contribution in [3.05, 3.63) is 29.6 Å². The summed E-state index contributed by atoms with van der Waals surface area (Å²) in [6.07, 6.45) is 1.93. The molecule has 17 heavy (non-hydrogen) atoms. The van der Waals surface area contributed by atoms with Gasteiger partial charge in [0, 0.05) is 25.3 Å². The molecule has 2 N–H and O–H groups in total. The molecule has 1 fully saturated rings. The van der Waals surface area contributed by atoms with Gasteiger partial charge in [-0.3, -0.25) is 0 Å². The van der Waals surface area contributed by atoms with Crippen molar-refractivity contribution < 1.29 is 14.6 Å². The Kier molecular flexibility index (Phi) is 3.97. The maximum Gasteiger partial charge on any atom is 0.146 e. The Labute approximate surface area is 100 Å². The van der Waals surface area contributed by atoms with Crippen molar-refractivity contribution in [2.75, 3.05) is 24.6 Å². The fraction of sp³-hybridized carbons (Fsp3) is 0.538. The number of halogens is 1. The number of benzene rings is 1. The summed E-state index contributed by atoms with van der Waals surface area (Å²) in [5.74, 6) is -0.0926. The van der Waals surface area contributed by atoms with Gasteiger partial charge in [-0.05, 0) is 24.8 Å². The van der Waals surface area contributed by atoms with E-state index in [1.807, 2.05) is 4.90 Å². The quantitative estimate of drug-likeness (QED) is 0.840. The van der Waals surface area contributed by atoms with Crippen molar-refractivity contribution in [2.45, 2.75) is 19.4 Å². The molecule has 1 unspecified atom stereocenters. The molecule has 0 spiro atoms. The summed E-state index contributed by atoms with van der Waals surface area (Å²) >= 11 is 0. The van der Waals surface area contributed by atoms with Crippen LogP contribution in [0.2, 0.25) is 0 Å². The van der Waals surface area contributed by atoms with E-state index in [4.69, 9.17) is 0 Å². The van der Waals surface area contributed by atoms with E-state index < -0.39 is 0 Å². The zero-order chi connectivity index (χ0) is 12.3. The fourth-order valence-corrected chi connectivity index (χ4v) is 2.46. The molecule has 1 aliphatic heterocycles. The number of rotatable bonds is 3. The van der Waals surface area contributed by atoms with Crippen LogP contribution in [0.4, 0.5) is 10.1 Å². The Morgan fingerprint density at radius 2 is 2.18 bits per heavy atom. The molecule has 1 saturated heterocycles. The van der Waals surface area contributed by atoms with E-state index in [0.717, 1.165) is 19.4 Å². The maximum absolute atomic E-state index is 13.8. The van der Waals surface area contributed by atoms with Crippen LogP contribution in [-0.2, 0) is 6.61 Å². The molecule has 1 heterocycles. The molecular weight excluding hydrogens is 221 g/mol. The summed E-state index contributed by atoms with van der Waals surface area (Å²) in [4.78, 5) is 1.94. The van der Waals surface area contributed by atoms with Crippen LogP contribution in [0.5, 0.6) is 0 Å². The van der Waals surface area contributed by atoms with Crippen LogP contribution < -0.4 is 4.90 Å². The summed E-state index contributed by atoms with van der Waals surface area (Å²) in [7, 11) is 0. The van der Waals surface area contributed by atoms with Gasteiger partial charge < -0.3 is 15.1 Å². The van der Waals surface area contributed by atoms with Gasteiger partial charge in [0.1, 0.15) is 5.82 Å². The van der Waals surface area contributed by atoms with Crippen molar-refractivity contribution in [1.29, 1.82) is 0 Å². The average Bonchev–Trinajstić information content (AvgIpc) is 2.38. The molecule has 1 aromatic rings. The van der Waals surface area contributed by atoms with Crippen LogP contribution in [0.1, 0.15) is 18.4 Å². The molecule has 0 aromatic heterocycles. The van der Waals surface area contributed by atoms with Crippen molar-refractivity contribution >= 4 is 5.69 Å². The van der Waals surface area contributed by atoms with Crippen molar-refractivity contribution in [3.8, 4) is 0 Å².